The fourth-order valence-corrected chi connectivity index (χ4v) is 3.63. The predicted molar refractivity (Wildman–Crippen MR) is 80.4 cm³/mol. The molecular formula is C16H30N2O2. The van der Waals surface area contributed by atoms with E-state index in [0.717, 1.165) is 32.1 Å². The average Bonchev–Trinajstić information content (AvgIpc) is 2.88. The van der Waals surface area contributed by atoms with E-state index in [1.807, 2.05) is 6.92 Å². The van der Waals surface area contributed by atoms with Crippen molar-refractivity contribution in [3.63, 3.8) is 0 Å². The van der Waals surface area contributed by atoms with Gasteiger partial charge in [0.2, 0.25) is 5.91 Å². The SMILES string of the molecule is CC1CCCC(O)(CNC(C)C(=O)NC2CCCC2)C1. The van der Waals surface area contributed by atoms with Crippen molar-refractivity contribution >= 4 is 5.91 Å². The van der Waals surface area contributed by atoms with Crippen molar-refractivity contribution in [2.75, 3.05) is 6.54 Å². The number of hydrogen-bond acceptors (Lipinski definition) is 3. The van der Waals surface area contributed by atoms with Gasteiger partial charge in [0.1, 0.15) is 0 Å². The van der Waals surface area contributed by atoms with Crippen LogP contribution in [-0.4, -0.2) is 35.2 Å². The third-order valence-electron chi connectivity index (χ3n) is 4.90. The summed E-state index contributed by atoms with van der Waals surface area (Å²) in [5, 5.41) is 16.9. The lowest BCUT2D eigenvalue weighted by Crippen LogP contribution is -2.51. The third kappa shape index (κ3) is 4.45. The van der Waals surface area contributed by atoms with Gasteiger partial charge < -0.3 is 15.7 Å². The molecule has 0 radical (unpaired) electrons. The van der Waals surface area contributed by atoms with Gasteiger partial charge in [0.05, 0.1) is 11.6 Å². The van der Waals surface area contributed by atoms with Gasteiger partial charge in [-0.2, -0.15) is 0 Å². The minimum atomic E-state index is -0.625. The number of hydrogen-bond donors (Lipinski definition) is 3. The zero-order chi connectivity index (χ0) is 14.6. The molecule has 1 amide bonds. The van der Waals surface area contributed by atoms with Crippen molar-refractivity contribution in [2.45, 2.75) is 82.9 Å². The molecule has 4 heteroatoms. The maximum atomic E-state index is 12.1. The lowest BCUT2D eigenvalue weighted by Gasteiger charge is -2.36. The highest BCUT2D eigenvalue weighted by atomic mass is 16.3. The van der Waals surface area contributed by atoms with Crippen LogP contribution < -0.4 is 10.6 Å². The summed E-state index contributed by atoms with van der Waals surface area (Å²) in [6.45, 7) is 4.61. The summed E-state index contributed by atoms with van der Waals surface area (Å²) < 4.78 is 0. The molecule has 0 bridgehead atoms. The molecule has 116 valence electrons. The van der Waals surface area contributed by atoms with Crippen LogP contribution in [0.25, 0.3) is 0 Å². The van der Waals surface area contributed by atoms with Crippen LogP contribution in [0.4, 0.5) is 0 Å². The molecule has 4 nitrogen and oxygen atoms in total. The smallest absolute Gasteiger partial charge is 0.237 e. The Balaban J connectivity index is 1.73. The van der Waals surface area contributed by atoms with Crippen LogP contribution in [0.3, 0.4) is 0 Å². The summed E-state index contributed by atoms with van der Waals surface area (Å²) in [5.41, 5.74) is -0.625. The molecule has 0 aliphatic heterocycles. The number of nitrogens with one attached hydrogen (secondary N) is 2. The van der Waals surface area contributed by atoms with E-state index in [9.17, 15) is 9.90 Å². The molecule has 2 aliphatic rings. The Morgan fingerprint density at radius 2 is 2.00 bits per heavy atom. The Labute approximate surface area is 122 Å². The van der Waals surface area contributed by atoms with E-state index in [0.29, 0.717) is 18.5 Å². The molecule has 0 heterocycles. The summed E-state index contributed by atoms with van der Waals surface area (Å²) in [6.07, 6.45) is 8.66. The topological polar surface area (TPSA) is 61.4 Å². The highest BCUT2D eigenvalue weighted by Crippen LogP contribution is 2.31. The number of aliphatic hydroxyl groups is 1. The summed E-state index contributed by atoms with van der Waals surface area (Å²) >= 11 is 0. The van der Waals surface area contributed by atoms with Gasteiger partial charge in [0.25, 0.3) is 0 Å². The van der Waals surface area contributed by atoms with Gasteiger partial charge >= 0.3 is 0 Å². The molecule has 0 spiro atoms. The first kappa shape index (κ1) is 15.8. The second-order valence-electron chi connectivity index (χ2n) is 7.02. The average molecular weight is 282 g/mol. The first-order chi connectivity index (χ1) is 9.48. The Kier molecular flexibility index (Phi) is 5.44. The minimum absolute atomic E-state index is 0.0735. The maximum Gasteiger partial charge on any atom is 0.237 e. The maximum absolute atomic E-state index is 12.1. The van der Waals surface area contributed by atoms with Gasteiger partial charge in [-0.15, -0.1) is 0 Å². The number of amides is 1. The zero-order valence-electron chi connectivity index (χ0n) is 13.0. The quantitative estimate of drug-likeness (QED) is 0.722. The molecule has 3 atom stereocenters. The van der Waals surface area contributed by atoms with Crippen molar-refractivity contribution in [1.82, 2.24) is 10.6 Å². The molecule has 20 heavy (non-hydrogen) atoms. The Bertz CT molecular complexity index is 328. The fourth-order valence-electron chi connectivity index (χ4n) is 3.63. The van der Waals surface area contributed by atoms with Crippen molar-refractivity contribution in [3.05, 3.63) is 0 Å². The molecule has 3 unspecified atom stereocenters. The van der Waals surface area contributed by atoms with E-state index in [1.165, 1.54) is 19.3 Å². The first-order valence-electron chi connectivity index (χ1n) is 8.25. The van der Waals surface area contributed by atoms with Crippen molar-refractivity contribution in [3.8, 4) is 0 Å². The van der Waals surface area contributed by atoms with Gasteiger partial charge in [-0.05, 0) is 38.5 Å². The van der Waals surface area contributed by atoms with Crippen LogP contribution in [0.5, 0.6) is 0 Å². The van der Waals surface area contributed by atoms with Gasteiger partial charge in [0, 0.05) is 12.6 Å². The number of rotatable bonds is 5. The van der Waals surface area contributed by atoms with Crippen LogP contribution >= 0.6 is 0 Å². The van der Waals surface area contributed by atoms with Crippen molar-refractivity contribution in [1.29, 1.82) is 0 Å². The van der Waals surface area contributed by atoms with E-state index >= 15 is 0 Å². The molecule has 2 fully saturated rings. The monoisotopic (exact) mass is 282 g/mol. The Hall–Kier alpha value is -0.610. The fraction of sp³-hybridized carbons (Fsp3) is 0.938. The lowest BCUT2D eigenvalue weighted by molar-refractivity contribution is -0.123. The summed E-state index contributed by atoms with van der Waals surface area (Å²) in [5.74, 6) is 0.655. The molecule has 0 aromatic carbocycles. The molecule has 2 aliphatic carbocycles. The zero-order valence-corrected chi connectivity index (χ0v) is 13.0. The number of carbonyl (C=O) groups is 1. The molecule has 0 aromatic rings. The van der Waals surface area contributed by atoms with E-state index in [-0.39, 0.29) is 11.9 Å². The van der Waals surface area contributed by atoms with E-state index in [1.54, 1.807) is 0 Å². The van der Waals surface area contributed by atoms with Crippen LogP contribution in [0.15, 0.2) is 0 Å². The summed E-state index contributed by atoms with van der Waals surface area (Å²) in [6, 6.07) is 0.140. The normalized spacial score (nSPS) is 33.0. The highest BCUT2D eigenvalue weighted by molar-refractivity contribution is 5.81. The largest absolute Gasteiger partial charge is 0.389 e. The third-order valence-corrected chi connectivity index (χ3v) is 4.90. The summed E-state index contributed by atoms with van der Waals surface area (Å²) in [7, 11) is 0. The van der Waals surface area contributed by atoms with Gasteiger partial charge in [-0.25, -0.2) is 0 Å². The first-order valence-corrected chi connectivity index (χ1v) is 8.25. The lowest BCUT2D eigenvalue weighted by atomic mass is 9.79. The Morgan fingerprint density at radius 1 is 1.30 bits per heavy atom. The molecule has 3 N–H and O–H groups in total. The number of carbonyl (C=O) groups excluding carboxylic acids is 1. The van der Waals surface area contributed by atoms with E-state index in [2.05, 4.69) is 17.6 Å². The Morgan fingerprint density at radius 3 is 2.65 bits per heavy atom. The van der Waals surface area contributed by atoms with E-state index < -0.39 is 5.60 Å². The predicted octanol–water partition coefficient (Wildman–Crippen LogP) is 1.96. The van der Waals surface area contributed by atoms with Crippen LogP contribution in [0.2, 0.25) is 0 Å². The van der Waals surface area contributed by atoms with Gasteiger partial charge in [-0.1, -0.05) is 32.6 Å². The van der Waals surface area contributed by atoms with Crippen molar-refractivity contribution in [2.24, 2.45) is 5.92 Å². The van der Waals surface area contributed by atoms with Crippen LogP contribution in [0.1, 0.15) is 65.2 Å². The minimum Gasteiger partial charge on any atom is -0.389 e. The van der Waals surface area contributed by atoms with Gasteiger partial charge in [-0.3, -0.25) is 4.79 Å². The highest BCUT2D eigenvalue weighted by Gasteiger charge is 2.33. The molecule has 0 aromatic heterocycles. The second-order valence-corrected chi connectivity index (χ2v) is 7.02. The molecule has 2 saturated carbocycles. The standard InChI is InChI=1S/C16H30N2O2/c1-12-6-5-9-16(20,10-12)11-17-13(2)15(19)18-14-7-3-4-8-14/h12-14,17,20H,3-11H2,1-2H3,(H,18,19). The van der Waals surface area contributed by atoms with Crippen LogP contribution in [-0.2, 0) is 4.79 Å². The van der Waals surface area contributed by atoms with Gasteiger partial charge in [0.15, 0.2) is 0 Å². The van der Waals surface area contributed by atoms with E-state index in [4.69, 9.17) is 0 Å². The van der Waals surface area contributed by atoms with Crippen molar-refractivity contribution < 1.29 is 9.90 Å². The molecule has 2 rings (SSSR count). The summed E-state index contributed by atoms with van der Waals surface area (Å²) in [4.78, 5) is 12.1. The van der Waals surface area contributed by atoms with Crippen LogP contribution in [0, 0.1) is 5.92 Å². The molecular weight excluding hydrogens is 252 g/mol. The molecule has 0 saturated heterocycles. The second kappa shape index (κ2) is 6.90.